The van der Waals surface area contributed by atoms with E-state index >= 15 is 0 Å². The number of hydrogen-bond donors (Lipinski definition) is 1. The van der Waals surface area contributed by atoms with Crippen molar-refractivity contribution in [1.29, 1.82) is 0 Å². The standard InChI is InChI=1S/C16H15N3O2S/c1-2-11-5-7-12(8-6-11)10-14(20)17-16-19-18-15(21-16)13-4-3-9-22-13/h3-9H,2,10H2,1H3,(H,17,19,20). The molecule has 5 nitrogen and oxygen atoms in total. The predicted molar refractivity (Wildman–Crippen MR) is 85.8 cm³/mol. The minimum atomic E-state index is -0.175. The molecule has 22 heavy (non-hydrogen) atoms. The third-order valence-corrected chi connectivity index (χ3v) is 4.06. The topological polar surface area (TPSA) is 68.0 Å². The van der Waals surface area contributed by atoms with Crippen molar-refractivity contribution in [1.82, 2.24) is 10.2 Å². The van der Waals surface area contributed by atoms with E-state index in [4.69, 9.17) is 4.42 Å². The predicted octanol–water partition coefficient (Wildman–Crippen LogP) is 3.54. The molecule has 6 heteroatoms. The lowest BCUT2D eigenvalue weighted by Gasteiger charge is -2.02. The van der Waals surface area contributed by atoms with Crippen LogP contribution in [0.25, 0.3) is 10.8 Å². The van der Waals surface area contributed by atoms with Gasteiger partial charge in [-0.25, -0.2) is 0 Å². The molecule has 0 aliphatic rings. The van der Waals surface area contributed by atoms with Gasteiger partial charge in [0.2, 0.25) is 5.91 Å². The van der Waals surface area contributed by atoms with Crippen molar-refractivity contribution in [3.05, 3.63) is 52.9 Å². The van der Waals surface area contributed by atoms with Gasteiger partial charge in [-0.1, -0.05) is 42.4 Å². The highest BCUT2D eigenvalue weighted by atomic mass is 32.1. The van der Waals surface area contributed by atoms with E-state index in [1.54, 1.807) is 0 Å². The highest BCUT2D eigenvalue weighted by Gasteiger charge is 2.12. The summed E-state index contributed by atoms with van der Waals surface area (Å²) in [7, 11) is 0. The monoisotopic (exact) mass is 313 g/mol. The lowest BCUT2D eigenvalue weighted by Crippen LogP contribution is -2.14. The number of anilines is 1. The van der Waals surface area contributed by atoms with Gasteiger partial charge in [-0.3, -0.25) is 10.1 Å². The molecule has 0 fully saturated rings. The van der Waals surface area contributed by atoms with Crippen LogP contribution in [-0.4, -0.2) is 16.1 Å². The van der Waals surface area contributed by atoms with Crippen molar-refractivity contribution in [3.63, 3.8) is 0 Å². The molecule has 0 spiro atoms. The third kappa shape index (κ3) is 3.40. The molecular formula is C16H15N3O2S. The van der Waals surface area contributed by atoms with Crippen LogP contribution < -0.4 is 5.32 Å². The SMILES string of the molecule is CCc1ccc(CC(=O)Nc2nnc(-c3cccs3)o2)cc1. The van der Waals surface area contributed by atoms with Gasteiger partial charge in [-0.05, 0) is 29.0 Å². The van der Waals surface area contributed by atoms with E-state index < -0.39 is 0 Å². The molecule has 0 radical (unpaired) electrons. The Morgan fingerprint density at radius 1 is 1.18 bits per heavy atom. The molecule has 0 saturated heterocycles. The van der Waals surface area contributed by atoms with Crippen LogP contribution in [0.15, 0.2) is 46.2 Å². The molecule has 2 aromatic heterocycles. The highest BCUT2D eigenvalue weighted by molar-refractivity contribution is 7.13. The van der Waals surface area contributed by atoms with Crippen molar-refractivity contribution in [2.45, 2.75) is 19.8 Å². The molecule has 0 aliphatic carbocycles. The number of thiophene rings is 1. The Kier molecular flexibility index (Phi) is 4.29. The van der Waals surface area contributed by atoms with E-state index in [1.807, 2.05) is 41.8 Å². The molecule has 2 heterocycles. The number of carbonyl (C=O) groups is 1. The summed E-state index contributed by atoms with van der Waals surface area (Å²) >= 11 is 1.51. The fraction of sp³-hybridized carbons (Fsp3) is 0.188. The Hall–Kier alpha value is -2.47. The minimum Gasteiger partial charge on any atom is -0.402 e. The van der Waals surface area contributed by atoms with Crippen LogP contribution in [0.3, 0.4) is 0 Å². The van der Waals surface area contributed by atoms with Crippen LogP contribution in [0.2, 0.25) is 0 Å². The molecule has 1 amide bonds. The second-order valence-electron chi connectivity index (χ2n) is 4.78. The summed E-state index contributed by atoms with van der Waals surface area (Å²) in [5.41, 5.74) is 2.20. The van der Waals surface area contributed by atoms with Crippen molar-refractivity contribution < 1.29 is 9.21 Å². The van der Waals surface area contributed by atoms with Crippen molar-refractivity contribution in [2.24, 2.45) is 0 Å². The quantitative estimate of drug-likeness (QED) is 0.782. The zero-order valence-corrected chi connectivity index (χ0v) is 12.9. The lowest BCUT2D eigenvalue weighted by atomic mass is 10.1. The average Bonchev–Trinajstić information content (AvgIpc) is 3.19. The largest absolute Gasteiger partial charge is 0.402 e. The van der Waals surface area contributed by atoms with Crippen molar-refractivity contribution in [2.75, 3.05) is 5.32 Å². The number of hydrogen-bond acceptors (Lipinski definition) is 5. The van der Waals surface area contributed by atoms with E-state index in [1.165, 1.54) is 16.9 Å². The molecule has 0 bridgehead atoms. The first-order chi connectivity index (χ1) is 10.7. The number of benzene rings is 1. The minimum absolute atomic E-state index is 0.124. The summed E-state index contributed by atoms with van der Waals surface area (Å²) in [6.45, 7) is 2.10. The zero-order valence-electron chi connectivity index (χ0n) is 12.1. The highest BCUT2D eigenvalue weighted by Crippen LogP contribution is 2.24. The molecule has 112 valence electrons. The number of aromatic nitrogens is 2. The van der Waals surface area contributed by atoms with Crippen LogP contribution >= 0.6 is 11.3 Å². The Morgan fingerprint density at radius 2 is 1.95 bits per heavy atom. The summed E-state index contributed by atoms with van der Waals surface area (Å²) in [4.78, 5) is 12.9. The first kappa shape index (κ1) is 14.5. The van der Waals surface area contributed by atoms with E-state index in [0.717, 1.165) is 16.9 Å². The molecule has 1 aromatic carbocycles. The van der Waals surface area contributed by atoms with Gasteiger partial charge < -0.3 is 4.42 Å². The normalized spacial score (nSPS) is 10.6. The Morgan fingerprint density at radius 3 is 2.64 bits per heavy atom. The van der Waals surface area contributed by atoms with Crippen LogP contribution in [0.4, 0.5) is 6.01 Å². The van der Waals surface area contributed by atoms with E-state index in [-0.39, 0.29) is 18.3 Å². The molecule has 0 atom stereocenters. The van der Waals surface area contributed by atoms with E-state index in [9.17, 15) is 4.79 Å². The second-order valence-corrected chi connectivity index (χ2v) is 5.73. The summed E-state index contributed by atoms with van der Waals surface area (Å²) < 4.78 is 5.43. The zero-order chi connectivity index (χ0) is 15.4. The van der Waals surface area contributed by atoms with Gasteiger partial charge in [-0.2, -0.15) is 0 Å². The lowest BCUT2D eigenvalue weighted by molar-refractivity contribution is -0.115. The number of aryl methyl sites for hydroxylation is 1. The number of nitrogens with one attached hydrogen (secondary N) is 1. The van der Waals surface area contributed by atoms with Gasteiger partial charge in [0.15, 0.2) is 0 Å². The summed E-state index contributed by atoms with van der Waals surface area (Å²) in [5.74, 6) is 0.239. The Balaban J connectivity index is 1.61. The maximum absolute atomic E-state index is 12.0. The molecule has 0 unspecified atom stereocenters. The fourth-order valence-corrected chi connectivity index (χ4v) is 2.66. The molecule has 1 N–H and O–H groups in total. The molecule has 3 aromatic rings. The van der Waals surface area contributed by atoms with Gasteiger partial charge >= 0.3 is 6.01 Å². The fourth-order valence-electron chi connectivity index (χ4n) is 2.02. The van der Waals surface area contributed by atoms with Crippen molar-refractivity contribution >= 4 is 23.3 Å². The molecular weight excluding hydrogens is 298 g/mol. The van der Waals surface area contributed by atoms with Gasteiger partial charge in [0, 0.05) is 0 Å². The number of rotatable bonds is 5. The Labute approximate surface area is 132 Å². The van der Waals surface area contributed by atoms with E-state index in [0.29, 0.717) is 5.89 Å². The maximum Gasteiger partial charge on any atom is 0.322 e. The first-order valence-corrected chi connectivity index (χ1v) is 7.87. The third-order valence-electron chi connectivity index (χ3n) is 3.20. The summed E-state index contributed by atoms with van der Waals surface area (Å²) in [5, 5.41) is 12.3. The van der Waals surface area contributed by atoms with Crippen molar-refractivity contribution in [3.8, 4) is 10.8 Å². The van der Waals surface area contributed by atoms with Crippen LogP contribution in [-0.2, 0) is 17.6 Å². The molecule has 0 saturated carbocycles. The molecule has 3 rings (SSSR count). The van der Waals surface area contributed by atoms with Gasteiger partial charge in [-0.15, -0.1) is 16.4 Å². The van der Waals surface area contributed by atoms with Gasteiger partial charge in [0.1, 0.15) is 0 Å². The number of amides is 1. The Bertz CT molecular complexity index is 748. The van der Waals surface area contributed by atoms with E-state index in [2.05, 4.69) is 22.4 Å². The summed E-state index contributed by atoms with van der Waals surface area (Å²) in [6, 6.07) is 11.9. The van der Waals surface area contributed by atoms with Crippen LogP contribution in [0.1, 0.15) is 18.1 Å². The first-order valence-electron chi connectivity index (χ1n) is 6.99. The smallest absolute Gasteiger partial charge is 0.322 e. The molecule has 0 aliphatic heterocycles. The van der Waals surface area contributed by atoms with Crippen LogP contribution in [0.5, 0.6) is 0 Å². The summed E-state index contributed by atoms with van der Waals surface area (Å²) in [6.07, 6.45) is 1.26. The van der Waals surface area contributed by atoms with Crippen LogP contribution in [0, 0.1) is 0 Å². The average molecular weight is 313 g/mol. The van der Waals surface area contributed by atoms with Gasteiger partial charge in [0.05, 0.1) is 11.3 Å². The number of carbonyl (C=O) groups excluding carboxylic acids is 1. The second kappa shape index (κ2) is 6.53. The maximum atomic E-state index is 12.0. The van der Waals surface area contributed by atoms with Gasteiger partial charge in [0.25, 0.3) is 5.89 Å². The number of nitrogens with zero attached hydrogens (tertiary/aromatic N) is 2.